The number of ketones is 1. The van der Waals surface area contributed by atoms with Crippen LogP contribution in [0.3, 0.4) is 0 Å². The van der Waals surface area contributed by atoms with Crippen molar-refractivity contribution in [2.75, 3.05) is 0 Å². The van der Waals surface area contributed by atoms with Gasteiger partial charge < -0.3 is 0 Å². The number of fused-ring (bicyclic) bond motifs is 4. The second-order valence-electron chi connectivity index (χ2n) is 11.2. The van der Waals surface area contributed by atoms with Crippen LogP contribution >= 0.6 is 0 Å². The van der Waals surface area contributed by atoms with Gasteiger partial charge in [0.2, 0.25) is 0 Å². The fraction of sp³-hybridized carbons (Fsp3) is 0.741. The molecular weight excluding hydrogens is 340 g/mol. The SMILES string of the molecule is CC(C)CCC[C@@H](C)[C@H]1CCC2=C3C=CC4=CC(=O)CC[C@]4(C)[C@H]3CC[C@@]21C. The first-order valence-corrected chi connectivity index (χ1v) is 11.9. The van der Waals surface area contributed by atoms with Crippen molar-refractivity contribution in [2.45, 2.75) is 92.4 Å². The Bertz CT molecular complexity index is 735. The zero-order valence-corrected chi connectivity index (χ0v) is 18.8. The predicted molar refractivity (Wildman–Crippen MR) is 118 cm³/mol. The molecule has 0 spiro atoms. The number of carbonyl (C=O) groups excluding carboxylic acids is 1. The van der Waals surface area contributed by atoms with Crippen LogP contribution in [0.4, 0.5) is 0 Å². The Balaban J connectivity index is 1.61. The van der Waals surface area contributed by atoms with Crippen LogP contribution in [0.1, 0.15) is 92.4 Å². The van der Waals surface area contributed by atoms with Crippen LogP contribution < -0.4 is 0 Å². The third-order valence-corrected chi connectivity index (χ3v) is 9.10. The molecule has 0 heterocycles. The first-order valence-electron chi connectivity index (χ1n) is 11.9. The Morgan fingerprint density at radius 3 is 2.54 bits per heavy atom. The summed E-state index contributed by atoms with van der Waals surface area (Å²) in [6.45, 7) is 12.3. The molecule has 4 aliphatic carbocycles. The van der Waals surface area contributed by atoms with E-state index in [2.05, 4.69) is 46.8 Å². The summed E-state index contributed by atoms with van der Waals surface area (Å²) < 4.78 is 0. The van der Waals surface area contributed by atoms with E-state index in [1.54, 1.807) is 11.1 Å². The van der Waals surface area contributed by atoms with Crippen LogP contribution in [0.5, 0.6) is 0 Å². The lowest BCUT2D eigenvalue weighted by atomic mass is 9.53. The van der Waals surface area contributed by atoms with Crippen LogP contribution in [0.25, 0.3) is 0 Å². The van der Waals surface area contributed by atoms with Gasteiger partial charge in [-0.05, 0) is 83.8 Å². The van der Waals surface area contributed by atoms with Crippen molar-refractivity contribution in [3.63, 3.8) is 0 Å². The van der Waals surface area contributed by atoms with Gasteiger partial charge >= 0.3 is 0 Å². The van der Waals surface area contributed by atoms with Gasteiger partial charge in [0, 0.05) is 6.42 Å². The molecule has 1 saturated carbocycles. The lowest BCUT2D eigenvalue weighted by molar-refractivity contribution is -0.116. The van der Waals surface area contributed by atoms with Crippen LogP contribution in [0.15, 0.2) is 34.9 Å². The number of carbonyl (C=O) groups is 1. The molecule has 1 fully saturated rings. The van der Waals surface area contributed by atoms with E-state index in [-0.39, 0.29) is 5.41 Å². The maximum Gasteiger partial charge on any atom is 0.156 e. The average molecular weight is 381 g/mol. The first kappa shape index (κ1) is 20.2. The lowest BCUT2D eigenvalue weighted by Gasteiger charge is -2.51. The zero-order valence-electron chi connectivity index (χ0n) is 18.8. The fourth-order valence-electron chi connectivity index (χ4n) is 7.32. The fourth-order valence-corrected chi connectivity index (χ4v) is 7.32. The molecule has 0 aromatic heterocycles. The van der Waals surface area contributed by atoms with Gasteiger partial charge in [-0.2, -0.15) is 0 Å². The van der Waals surface area contributed by atoms with Crippen LogP contribution in [-0.2, 0) is 4.79 Å². The Morgan fingerprint density at radius 2 is 1.79 bits per heavy atom. The monoisotopic (exact) mass is 380 g/mol. The Kier molecular flexibility index (Phi) is 5.26. The quantitative estimate of drug-likeness (QED) is 0.484. The van der Waals surface area contributed by atoms with Gasteiger partial charge in [0.25, 0.3) is 0 Å². The summed E-state index contributed by atoms with van der Waals surface area (Å²) in [6.07, 6.45) is 17.9. The molecule has 0 aromatic rings. The van der Waals surface area contributed by atoms with E-state index in [9.17, 15) is 4.79 Å². The molecule has 0 unspecified atom stereocenters. The van der Waals surface area contributed by atoms with Gasteiger partial charge in [-0.25, -0.2) is 0 Å². The summed E-state index contributed by atoms with van der Waals surface area (Å²) in [5.74, 6) is 3.48. The van der Waals surface area contributed by atoms with Crippen LogP contribution in [0.2, 0.25) is 0 Å². The molecule has 0 N–H and O–H groups in total. The molecule has 154 valence electrons. The number of hydrogen-bond acceptors (Lipinski definition) is 1. The number of rotatable bonds is 5. The van der Waals surface area contributed by atoms with Crippen molar-refractivity contribution in [1.82, 2.24) is 0 Å². The van der Waals surface area contributed by atoms with E-state index in [0.29, 0.717) is 17.1 Å². The van der Waals surface area contributed by atoms with Crippen LogP contribution in [0, 0.1) is 34.5 Å². The molecule has 0 aromatic carbocycles. The molecule has 0 bridgehead atoms. The molecule has 4 aliphatic rings. The topological polar surface area (TPSA) is 17.1 Å². The van der Waals surface area contributed by atoms with Crippen molar-refractivity contribution in [1.29, 1.82) is 0 Å². The Hall–Kier alpha value is -1.11. The van der Waals surface area contributed by atoms with E-state index in [1.807, 2.05) is 6.08 Å². The van der Waals surface area contributed by atoms with Gasteiger partial charge in [0.1, 0.15) is 0 Å². The van der Waals surface area contributed by atoms with E-state index < -0.39 is 0 Å². The minimum Gasteiger partial charge on any atom is -0.295 e. The molecular formula is C27H40O. The van der Waals surface area contributed by atoms with Crippen molar-refractivity contribution >= 4 is 5.78 Å². The molecule has 1 nitrogen and oxygen atoms in total. The smallest absolute Gasteiger partial charge is 0.156 e. The summed E-state index contributed by atoms with van der Waals surface area (Å²) in [5, 5.41) is 0. The summed E-state index contributed by atoms with van der Waals surface area (Å²) in [6, 6.07) is 0. The third kappa shape index (κ3) is 3.17. The molecule has 0 aliphatic heterocycles. The maximum absolute atomic E-state index is 12.0. The van der Waals surface area contributed by atoms with Crippen molar-refractivity contribution in [2.24, 2.45) is 34.5 Å². The van der Waals surface area contributed by atoms with Crippen LogP contribution in [-0.4, -0.2) is 5.78 Å². The molecule has 5 atom stereocenters. The standard InChI is InChI=1S/C27H40O/c1-18(2)7-6-8-19(3)23-11-12-24-22-10-9-20-17-21(28)13-15-26(20,4)25(22)14-16-27(23,24)5/h9-10,17-19,23,25H,6-8,11-16H2,1-5H3/t19-,23-,25+,26+,27-/m1/s1. The molecule has 4 rings (SSSR count). The normalized spacial score (nSPS) is 38.2. The predicted octanol–water partition coefficient (Wildman–Crippen LogP) is 7.44. The van der Waals surface area contributed by atoms with Crippen molar-refractivity contribution < 1.29 is 4.79 Å². The van der Waals surface area contributed by atoms with Crippen molar-refractivity contribution in [3.05, 3.63) is 34.9 Å². The molecule has 0 saturated heterocycles. The van der Waals surface area contributed by atoms with E-state index in [0.717, 1.165) is 30.6 Å². The zero-order chi connectivity index (χ0) is 20.1. The first-order chi connectivity index (χ1) is 13.3. The summed E-state index contributed by atoms with van der Waals surface area (Å²) in [4.78, 5) is 12.0. The van der Waals surface area contributed by atoms with Crippen molar-refractivity contribution in [3.8, 4) is 0 Å². The molecule has 1 heteroatoms. The largest absolute Gasteiger partial charge is 0.295 e. The second kappa shape index (κ2) is 7.29. The van der Waals surface area contributed by atoms with E-state index >= 15 is 0 Å². The van der Waals surface area contributed by atoms with Gasteiger partial charge in [-0.15, -0.1) is 0 Å². The highest BCUT2D eigenvalue weighted by Gasteiger charge is 2.53. The number of allylic oxidation sites excluding steroid dienone is 6. The Labute approximate surface area is 172 Å². The molecule has 0 amide bonds. The summed E-state index contributed by atoms with van der Waals surface area (Å²) in [5.41, 5.74) is 5.36. The lowest BCUT2D eigenvalue weighted by Crippen LogP contribution is -2.41. The average Bonchev–Trinajstić information content (AvgIpc) is 2.99. The van der Waals surface area contributed by atoms with Gasteiger partial charge in [0.15, 0.2) is 5.78 Å². The second-order valence-corrected chi connectivity index (χ2v) is 11.2. The van der Waals surface area contributed by atoms with E-state index in [1.165, 1.54) is 50.5 Å². The summed E-state index contributed by atoms with van der Waals surface area (Å²) in [7, 11) is 0. The highest BCUT2D eigenvalue weighted by atomic mass is 16.1. The minimum atomic E-state index is 0.188. The van der Waals surface area contributed by atoms with Gasteiger partial charge in [-0.1, -0.05) is 71.6 Å². The van der Waals surface area contributed by atoms with E-state index in [4.69, 9.17) is 0 Å². The molecule has 0 radical (unpaired) electrons. The third-order valence-electron chi connectivity index (χ3n) is 9.10. The summed E-state index contributed by atoms with van der Waals surface area (Å²) >= 11 is 0. The minimum absolute atomic E-state index is 0.188. The number of hydrogen-bond donors (Lipinski definition) is 0. The molecule has 28 heavy (non-hydrogen) atoms. The highest BCUT2D eigenvalue weighted by Crippen LogP contribution is 2.63. The van der Waals surface area contributed by atoms with Gasteiger partial charge in [0.05, 0.1) is 0 Å². The maximum atomic E-state index is 12.0. The Morgan fingerprint density at radius 1 is 1.00 bits per heavy atom. The van der Waals surface area contributed by atoms with Gasteiger partial charge in [-0.3, -0.25) is 4.79 Å². The highest BCUT2D eigenvalue weighted by molar-refractivity contribution is 5.92.